The van der Waals surface area contributed by atoms with Crippen LogP contribution >= 0.6 is 0 Å². The fourth-order valence-electron chi connectivity index (χ4n) is 8.47. The van der Waals surface area contributed by atoms with Gasteiger partial charge in [0.1, 0.15) is 24.2 Å². The molecule has 0 bridgehead atoms. The molecular weight excluding hydrogens is 923 g/mol. The minimum Gasteiger partial charge on any atom is -0.370 e. The van der Waals surface area contributed by atoms with Crippen molar-refractivity contribution in [2.24, 2.45) is 28.1 Å². The first-order valence-corrected chi connectivity index (χ1v) is 24.5. The van der Waals surface area contributed by atoms with Crippen molar-refractivity contribution in [2.45, 2.75) is 89.8 Å². The lowest BCUT2D eigenvalue weighted by atomic mass is 10.0. The number of rotatable bonds is 27. The zero-order valence-electron chi connectivity index (χ0n) is 41.4. The van der Waals surface area contributed by atoms with Gasteiger partial charge in [0.2, 0.25) is 29.5 Å². The number of benzene rings is 5. The van der Waals surface area contributed by atoms with Crippen LogP contribution in [0.15, 0.2) is 151 Å². The number of amides is 6. The molecule has 382 valence electrons. The molecule has 6 aromatic rings. The van der Waals surface area contributed by atoms with Crippen molar-refractivity contribution >= 4 is 52.3 Å². The average Bonchev–Trinajstić information content (AvgIpc) is 3.79. The molecule has 1 heterocycles. The second kappa shape index (κ2) is 27.3. The molecule has 0 aliphatic rings. The van der Waals surface area contributed by atoms with Crippen LogP contribution in [0, 0.1) is 5.92 Å². The Bertz CT molecular complexity index is 2740. The fraction of sp³-hybridized carbons (Fsp3) is 0.304. The summed E-state index contributed by atoms with van der Waals surface area (Å²) in [5, 5.41) is 14.6. The van der Waals surface area contributed by atoms with Crippen LogP contribution in [-0.2, 0) is 56.4 Å². The number of nitrogens with zero attached hydrogens (tertiary/aromatic N) is 2. The van der Waals surface area contributed by atoms with Crippen molar-refractivity contribution in [1.82, 2.24) is 36.5 Å². The molecule has 73 heavy (non-hydrogen) atoms. The molecule has 0 saturated heterocycles. The molecule has 0 spiro atoms. The molecule has 0 saturated carbocycles. The highest BCUT2D eigenvalue weighted by molar-refractivity contribution is 5.99. The maximum Gasteiger partial charge on any atom is 0.251 e. The molecule has 4 atom stereocenters. The van der Waals surface area contributed by atoms with Gasteiger partial charge in [-0.1, -0.05) is 135 Å². The molecule has 6 amide bonds. The number of primary amides is 1. The number of carbonyl (C=O) groups excluding carboxylic acids is 6. The normalized spacial score (nSPS) is 12.8. The standard InChI is InChI=1S/C56H67N11O6/c1-37(2)29-48(55(73)64-46(23-14-28-60-56(58)59)54(72)65-47(51(57)69)31-43-32-61-45-22-13-12-21-44(43)45)63-50(68)33-62-53(71)49(30-38-15-6-3-7-16-38)66-52(70)42-26-24-41(25-27-42)36-67(34-39-17-8-4-9-18-39)35-40-19-10-5-11-20-40/h3-13,15-22,24-27,32,37,46-49,61H,14,23,28-31,33-36H2,1-2H3,(H2,57,69)(H,62,71)(H,63,68)(H,64,73)(H,65,72)(H,66,70)(H4,58,59,60)/t46-,47-,48-,49-/m0/s1. The molecule has 0 unspecified atom stereocenters. The first-order valence-electron chi connectivity index (χ1n) is 24.5. The number of fused-ring (bicyclic) bond motifs is 1. The van der Waals surface area contributed by atoms with Crippen molar-refractivity contribution in [3.05, 3.63) is 179 Å². The first-order chi connectivity index (χ1) is 35.2. The molecule has 17 nitrogen and oxygen atoms in total. The highest BCUT2D eigenvalue weighted by Gasteiger charge is 2.31. The van der Waals surface area contributed by atoms with Crippen molar-refractivity contribution in [1.29, 1.82) is 0 Å². The summed E-state index contributed by atoms with van der Waals surface area (Å²) in [5.41, 5.74) is 22.9. The summed E-state index contributed by atoms with van der Waals surface area (Å²) >= 11 is 0. The number of para-hydroxylation sites is 1. The second-order valence-electron chi connectivity index (χ2n) is 18.5. The summed E-state index contributed by atoms with van der Waals surface area (Å²) in [6.45, 7) is 5.47. The number of carbonyl (C=O) groups is 6. The van der Waals surface area contributed by atoms with E-state index in [1.165, 1.54) is 11.1 Å². The van der Waals surface area contributed by atoms with E-state index in [0.717, 1.165) is 40.7 Å². The van der Waals surface area contributed by atoms with Gasteiger partial charge in [0.15, 0.2) is 5.96 Å². The van der Waals surface area contributed by atoms with Crippen LogP contribution in [-0.4, -0.2) is 88.5 Å². The predicted molar refractivity (Wildman–Crippen MR) is 283 cm³/mol. The summed E-state index contributed by atoms with van der Waals surface area (Å²) in [6.07, 6.45) is 2.51. The van der Waals surface area contributed by atoms with Gasteiger partial charge in [0.05, 0.1) is 6.54 Å². The molecule has 0 radical (unpaired) electrons. The Morgan fingerprint density at radius 1 is 0.575 bits per heavy atom. The number of aliphatic imine (C=N–C) groups is 1. The van der Waals surface area contributed by atoms with Crippen molar-refractivity contribution < 1.29 is 28.8 Å². The number of guanidine groups is 1. The quantitative estimate of drug-likeness (QED) is 0.0204. The van der Waals surface area contributed by atoms with E-state index in [0.29, 0.717) is 12.1 Å². The SMILES string of the molecule is CC(C)C[C@H](NC(=O)CNC(=O)[C@H](Cc1ccccc1)NC(=O)c1ccc(CN(Cc2ccccc2)Cc2ccccc2)cc1)C(=O)N[C@@H](CCCN=C(N)N)C(=O)N[C@@H](Cc1c[nH]c2ccccc12)C(N)=O. The lowest BCUT2D eigenvalue weighted by Crippen LogP contribution is -2.57. The Kier molecular flexibility index (Phi) is 20.2. The maximum absolute atomic E-state index is 14.0. The molecule has 17 heteroatoms. The number of H-pyrrole nitrogens is 1. The van der Waals surface area contributed by atoms with E-state index < -0.39 is 66.2 Å². The zero-order valence-corrected chi connectivity index (χ0v) is 41.4. The van der Waals surface area contributed by atoms with Crippen LogP contribution in [0.4, 0.5) is 0 Å². The minimum atomic E-state index is -1.18. The zero-order chi connectivity index (χ0) is 52.1. The molecular formula is C56H67N11O6. The van der Waals surface area contributed by atoms with Crippen LogP contribution in [0.3, 0.4) is 0 Å². The van der Waals surface area contributed by atoms with Gasteiger partial charge in [0, 0.05) is 61.7 Å². The number of aromatic amines is 1. The lowest BCUT2D eigenvalue weighted by molar-refractivity contribution is -0.133. The third-order valence-corrected chi connectivity index (χ3v) is 12.1. The van der Waals surface area contributed by atoms with Crippen LogP contribution in [0.5, 0.6) is 0 Å². The second-order valence-corrected chi connectivity index (χ2v) is 18.5. The third kappa shape index (κ3) is 17.5. The molecule has 6 rings (SSSR count). The van der Waals surface area contributed by atoms with Crippen molar-refractivity contribution in [2.75, 3.05) is 13.1 Å². The Labute approximate surface area is 426 Å². The Hall–Kier alpha value is -8.31. The number of aromatic nitrogens is 1. The van der Waals surface area contributed by atoms with Gasteiger partial charge in [-0.05, 0) is 71.2 Å². The summed E-state index contributed by atoms with van der Waals surface area (Å²) in [6, 6.07) is 40.0. The fourth-order valence-corrected chi connectivity index (χ4v) is 8.47. The van der Waals surface area contributed by atoms with E-state index >= 15 is 0 Å². The van der Waals surface area contributed by atoms with Gasteiger partial charge < -0.3 is 48.8 Å². The van der Waals surface area contributed by atoms with Gasteiger partial charge in [-0.25, -0.2) is 0 Å². The highest BCUT2D eigenvalue weighted by Crippen LogP contribution is 2.20. The van der Waals surface area contributed by atoms with E-state index in [9.17, 15) is 28.8 Å². The monoisotopic (exact) mass is 990 g/mol. The Morgan fingerprint density at radius 2 is 1.12 bits per heavy atom. The molecule has 0 aliphatic carbocycles. The van der Waals surface area contributed by atoms with Gasteiger partial charge in [-0.2, -0.15) is 0 Å². The number of nitrogens with one attached hydrogen (secondary N) is 6. The molecule has 0 fully saturated rings. The summed E-state index contributed by atoms with van der Waals surface area (Å²) in [5.74, 6) is -4.09. The Morgan fingerprint density at radius 3 is 1.71 bits per heavy atom. The van der Waals surface area contributed by atoms with Gasteiger partial charge >= 0.3 is 0 Å². The van der Waals surface area contributed by atoms with Gasteiger partial charge in [0.25, 0.3) is 5.91 Å². The van der Waals surface area contributed by atoms with Crippen LogP contribution in [0.2, 0.25) is 0 Å². The number of hydrogen-bond donors (Lipinski definition) is 9. The molecule has 0 aliphatic heterocycles. The average molecular weight is 990 g/mol. The summed E-state index contributed by atoms with van der Waals surface area (Å²) in [7, 11) is 0. The molecule has 12 N–H and O–H groups in total. The Balaban J connectivity index is 1.09. The van der Waals surface area contributed by atoms with Crippen molar-refractivity contribution in [3.63, 3.8) is 0 Å². The molecule has 5 aromatic carbocycles. The van der Waals surface area contributed by atoms with Gasteiger partial charge in [-0.3, -0.25) is 38.7 Å². The highest BCUT2D eigenvalue weighted by atomic mass is 16.2. The van der Waals surface area contributed by atoms with E-state index in [2.05, 4.69) is 65.7 Å². The smallest absolute Gasteiger partial charge is 0.251 e. The predicted octanol–water partition coefficient (Wildman–Crippen LogP) is 4.11. The minimum absolute atomic E-state index is 0.0755. The number of nitrogens with two attached hydrogens (primary N) is 3. The maximum atomic E-state index is 14.0. The largest absolute Gasteiger partial charge is 0.370 e. The first kappa shape index (κ1) is 54.0. The van der Waals surface area contributed by atoms with E-state index in [1.807, 2.05) is 117 Å². The van der Waals surface area contributed by atoms with Crippen LogP contribution in [0.25, 0.3) is 10.9 Å². The molecule has 1 aromatic heterocycles. The summed E-state index contributed by atoms with van der Waals surface area (Å²) in [4.78, 5) is 91.3. The van der Waals surface area contributed by atoms with E-state index in [-0.39, 0.29) is 50.5 Å². The third-order valence-electron chi connectivity index (χ3n) is 12.1. The van der Waals surface area contributed by atoms with Gasteiger partial charge in [-0.15, -0.1) is 0 Å². The van der Waals surface area contributed by atoms with E-state index in [1.54, 1.807) is 18.3 Å². The number of hydrogen-bond acceptors (Lipinski definition) is 8. The van der Waals surface area contributed by atoms with Crippen LogP contribution < -0.4 is 43.8 Å². The van der Waals surface area contributed by atoms with Crippen LogP contribution in [0.1, 0.15) is 71.3 Å². The van der Waals surface area contributed by atoms with Crippen molar-refractivity contribution in [3.8, 4) is 0 Å². The topological polar surface area (TPSA) is 272 Å². The van der Waals surface area contributed by atoms with E-state index in [4.69, 9.17) is 17.2 Å². The lowest BCUT2D eigenvalue weighted by Gasteiger charge is -2.26. The summed E-state index contributed by atoms with van der Waals surface area (Å²) < 4.78 is 0.